The van der Waals surface area contributed by atoms with Crippen molar-refractivity contribution in [3.63, 3.8) is 0 Å². The van der Waals surface area contributed by atoms with Crippen molar-refractivity contribution >= 4 is 17.6 Å². The SMILES string of the molecule is COC(=O)C12CCCC1CN(c1cc(N3CCCCC3)ncn1)C2. The number of aromatic nitrogens is 2. The lowest BCUT2D eigenvalue weighted by molar-refractivity contribution is -0.152. The van der Waals surface area contributed by atoms with Gasteiger partial charge in [0.1, 0.15) is 18.0 Å². The molecule has 2 atom stereocenters. The summed E-state index contributed by atoms with van der Waals surface area (Å²) in [6.07, 6.45) is 8.60. The van der Waals surface area contributed by atoms with Gasteiger partial charge in [0.15, 0.2) is 0 Å². The summed E-state index contributed by atoms with van der Waals surface area (Å²) in [5.41, 5.74) is -0.328. The van der Waals surface area contributed by atoms with Gasteiger partial charge in [0.25, 0.3) is 0 Å². The molecule has 1 saturated carbocycles. The number of hydrogen-bond donors (Lipinski definition) is 0. The lowest BCUT2D eigenvalue weighted by atomic mass is 9.81. The molecule has 0 radical (unpaired) electrons. The third-order valence-corrected chi connectivity index (χ3v) is 6.10. The van der Waals surface area contributed by atoms with Crippen LogP contribution in [-0.2, 0) is 9.53 Å². The molecular formula is C18H26N4O2. The largest absolute Gasteiger partial charge is 0.469 e. The molecule has 130 valence electrons. The first-order valence-electron chi connectivity index (χ1n) is 9.13. The number of fused-ring (bicyclic) bond motifs is 1. The van der Waals surface area contributed by atoms with Crippen LogP contribution in [-0.4, -0.2) is 49.2 Å². The maximum atomic E-state index is 12.4. The molecule has 1 aromatic rings. The van der Waals surface area contributed by atoms with E-state index in [-0.39, 0.29) is 11.4 Å². The van der Waals surface area contributed by atoms with Crippen molar-refractivity contribution in [1.82, 2.24) is 9.97 Å². The molecule has 1 aliphatic carbocycles. The van der Waals surface area contributed by atoms with E-state index in [1.807, 2.05) is 0 Å². The van der Waals surface area contributed by atoms with E-state index in [1.54, 1.807) is 6.33 Å². The predicted molar refractivity (Wildman–Crippen MR) is 92.1 cm³/mol. The second kappa shape index (κ2) is 6.22. The number of nitrogens with zero attached hydrogens (tertiary/aromatic N) is 4. The zero-order valence-corrected chi connectivity index (χ0v) is 14.4. The van der Waals surface area contributed by atoms with Gasteiger partial charge in [-0.25, -0.2) is 9.97 Å². The highest BCUT2D eigenvalue weighted by molar-refractivity contribution is 5.79. The fourth-order valence-corrected chi connectivity index (χ4v) is 4.81. The molecule has 0 N–H and O–H groups in total. The van der Waals surface area contributed by atoms with Gasteiger partial charge in [-0.15, -0.1) is 0 Å². The monoisotopic (exact) mass is 330 g/mol. The first-order chi connectivity index (χ1) is 11.7. The minimum atomic E-state index is -0.328. The van der Waals surface area contributed by atoms with Gasteiger partial charge in [0.2, 0.25) is 0 Å². The Hall–Kier alpha value is -1.85. The second-order valence-electron chi connectivity index (χ2n) is 7.40. The van der Waals surface area contributed by atoms with Gasteiger partial charge >= 0.3 is 5.97 Å². The van der Waals surface area contributed by atoms with E-state index in [2.05, 4.69) is 25.8 Å². The molecule has 6 nitrogen and oxygen atoms in total. The zero-order chi connectivity index (χ0) is 16.6. The number of carbonyl (C=O) groups excluding carboxylic acids is 1. The van der Waals surface area contributed by atoms with E-state index in [1.165, 1.54) is 26.4 Å². The molecule has 0 aromatic carbocycles. The number of esters is 1. The summed E-state index contributed by atoms with van der Waals surface area (Å²) in [6.45, 7) is 3.77. The molecule has 3 aliphatic rings. The summed E-state index contributed by atoms with van der Waals surface area (Å²) >= 11 is 0. The molecule has 0 spiro atoms. The second-order valence-corrected chi connectivity index (χ2v) is 7.40. The summed E-state index contributed by atoms with van der Waals surface area (Å²) in [7, 11) is 1.51. The summed E-state index contributed by atoms with van der Waals surface area (Å²) in [6, 6.07) is 2.09. The normalized spacial score (nSPS) is 29.6. The first kappa shape index (κ1) is 15.7. The number of ether oxygens (including phenoxy) is 1. The van der Waals surface area contributed by atoms with Crippen LogP contribution in [0.15, 0.2) is 12.4 Å². The minimum absolute atomic E-state index is 0.0437. The minimum Gasteiger partial charge on any atom is -0.469 e. The average Bonchev–Trinajstić information content (AvgIpc) is 3.20. The number of rotatable bonds is 3. The number of methoxy groups -OCH3 is 1. The van der Waals surface area contributed by atoms with Gasteiger partial charge in [-0.2, -0.15) is 0 Å². The van der Waals surface area contributed by atoms with E-state index in [9.17, 15) is 4.79 Å². The van der Waals surface area contributed by atoms with Crippen molar-refractivity contribution in [1.29, 1.82) is 0 Å². The summed E-state index contributed by atoms with van der Waals surface area (Å²) in [5.74, 6) is 2.31. The lowest BCUT2D eigenvalue weighted by Crippen LogP contribution is -2.37. The van der Waals surface area contributed by atoms with Crippen molar-refractivity contribution in [2.24, 2.45) is 11.3 Å². The molecule has 2 unspecified atom stereocenters. The number of hydrogen-bond acceptors (Lipinski definition) is 6. The Morgan fingerprint density at radius 2 is 1.92 bits per heavy atom. The molecule has 3 fully saturated rings. The quantitative estimate of drug-likeness (QED) is 0.792. The molecule has 0 amide bonds. The Morgan fingerprint density at radius 1 is 1.17 bits per heavy atom. The first-order valence-corrected chi connectivity index (χ1v) is 9.13. The van der Waals surface area contributed by atoms with Crippen LogP contribution in [0.25, 0.3) is 0 Å². The maximum absolute atomic E-state index is 12.4. The van der Waals surface area contributed by atoms with Crippen molar-refractivity contribution in [3.8, 4) is 0 Å². The highest BCUT2D eigenvalue weighted by Gasteiger charge is 2.55. The number of carbonyl (C=O) groups is 1. The van der Waals surface area contributed by atoms with E-state index in [4.69, 9.17) is 4.74 Å². The molecule has 4 rings (SSSR count). The molecule has 2 saturated heterocycles. The Bertz CT molecular complexity index is 617. The van der Waals surface area contributed by atoms with E-state index < -0.39 is 0 Å². The topological polar surface area (TPSA) is 58.6 Å². The molecule has 6 heteroatoms. The van der Waals surface area contributed by atoms with Crippen LogP contribution in [0.1, 0.15) is 38.5 Å². The van der Waals surface area contributed by atoms with Crippen LogP contribution in [0.3, 0.4) is 0 Å². The molecular weight excluding hydrogens is 304 g/mol. The lowest BCUT2D eigenvalue weighted by Gasteiger charge is -2.29. The van der Waals surface area contributed by atoms with Gasteiger partial charge in [0.05, 0.1) is 12.5 Å². The van der Waals surface area contributed by atoms with Crippen LogP contribution in [0.5, 0.6) is 0 Å². The molecule has 0 bridgehead atoms. The van der Waals surface area contributed by atoms with Crippen molar-refractivity contribution in [3.05, 3.63) is 12.4 Å². The Kier molecular flexibility index (Phi) is 4.06. The third-order valence-electron chi connectivity index (χ3n) is 6.10. The van der Waals surface area contributed by atoms with E-state index in [0.717, 1.165) is 57.1 Å². The fourth-order valence-electron chi connectivity index (χ4n) is 4.81. The zero-order valence-electron chi connectivity index (χ0n) is 14.4. The van der Waals surface area contributed by atoms with E-state index >= 15 is 0 Å². The van der Waals surface area contributed by atoms with Gasteiger partial charge in [0, 0.05) is 32.2 Å². The fraction of sp³-hybridized carbons (Fsp3) is 0.722. The van der Waals surface area contributed by atoms with Crippen LogP contribution < -0.4 is 9.80 Å². The van der Waals surface area contributed by atoms with Gasteiger partial charge in [-0.05, 0) is 38.0 Å². The smallest absolute Gasteiger partial charge is 0.313 e. The van der Waals surface area contributed by atoms with Crippen molar-refractivity contribution in [2.75, 3.05) is 43.1 Å². The number of anilines is 2. The van der Waals surface area contributed by atoms with Crippen LogP contribution in [0.4, 0.5) is 11.6 Å². The summed E-state index contributed by atoms with van der Waals surface area (Å²) in [5, 5.41) is 0. The van der Waals surface area contributed by atoms with Crippen LogP contribution in [0.2, 0.25) is 0 Å². The highest BCUT2D eigenvalue weighted by Crippen LogP contribution is 2.50. The molecule has 24 heavy (non-hydrogen) atoms. The highest BCUT2D eigenvalue weighted by atomic mass is 16.5. The molecule has 1 aromatic heterocycles. The maximum Gasteiger partial charge on any atom is 0.313 e. The van der Waals surface area contributed by atoms with Gasteiger partial charge in [-0.3, -0.25) is 4.79 Å². The standard InChI is InChI=1S/C18H26N4O2/c1-24-17(23)18-7-5-6-14(18)11-22(12-18)16-10-15(19-13-20-16)21-8-3-2-4-9-21/h10,13-14H,2-9,11-12H2,1H3. The Labute approximate surface area is 143 Å². The van der Waals surface area contributed by atoms with E-state index in [0.29, 0.717) is 5.92 Å². The Balaban J connectivity index is 1.56. The summed E-state index contributed by atoms with van der Waals surface area (Å²) < 4.78 is 5.14. The average molecular weight is 330 g/mol. The van der Waals surface area contributed by atoms with Crippen LogP contribution in [0, 0.1) is 11.3 Å². The van der Waals surface area contributed by atoms with Crippen molar-refractivity contribution < 1.29 is 9.53 Å². The molecule has 2 aliphatic heterocycles. The predicted octanol–water partition coefficient (Wildman–Crippen LogP) is 2.25. The van der Waals surface area contributed by atoms with Crippen molar-refractivity contribution in [2.45, 2.75) is 38.5 Å². The summed E-state index contributed by atoms with van der Waals surface area (Å²) in [4.78, 5) is 26.0. The third kappa shape index (κ3) is 2.52. The number of piperidine rings is 1. The van der Waals surface area contributed by atoms with Crippen LogP contribution >= 0.6 is 0 Å². The van der Waals surface area contributed by atoms with Gasteiger partial charge in [-0.1, -0.05) is 6.42 Å². The Morgan fingerprint density at radius 3 is 2.67 bits per heavy atom. The van der Waals surface area contributed by atoms with Gasteiger partial charge < -0.3 is 14.5 Å². The molecule has 3 heterocycles.